The first-order valence-electron chi connectivity index (χ1n) is 9.05. The van der Waals surface area contributed by atoms with Crippen LogP contribution in [0.25, 0.3) is 11.4 Å². The molecule has 0 unspecified atom stereocenters. The van der Waals surface area contributed by atoms with E-state index in [0.29, 0.717) is 31.0 Å². The zero-order chi connectivity index (χ0) is 18.6. The highest BCUT2D eigenvalue weighted by atomic mass is 16.5. The highest BCUT2D eigenvalue weighted by Crippen LogP contribution is 2.23. The maximum absolute atomic E-state index is 12.5. The summed E-state index contributed by atoms with van der Waals surface area (Å²) >= 11 is 0. The van der Waals surface area contributed by atoms with Crippen LogP contribution in [0.1, 0.15) is 23.7 Å². The Morgan fingerprint density at radius 1 is 1.22 bits per heavy atom. The van der Waals surface area contributed by atoms with E-state index in [-0.39, 0.29) is 5.56 Å². The largest absolute Gasteiger partial charge is 0.494 e. The predicted molar refractivity (Wildman–Crippen MR) is 101 cm³/mol. The molecule has 0 atom stereocenters. The fourth-order valence-corrected chi connectivity index (χ4v) is 3.36. The van der Waals surface area contributed by atoms with Crippen molar-refractivity contribution in [1.82, 2.24) is 24.8 Å². The standard InChI is InChI=1S/C20H21N5O2/c1-2-27-18-6-4-3-5-14(18)11-25-8-7-16-17(12-25)23-19(24-20(16)26)15-9-21-13-22-10-15/h3-6,9-10,13H,2,7-8,11-12H2,1H3,(H,23,24,26). The van der Waals surface area contributed by atoms with Crippen molar-refractivity contribution < 1.29 is 4.74 Å². The first kappa shape index (κ1) is 17.4. The van der Waals surface area contributed by atoms with Gasteiger partial charge < -0.3 is 9.72 Å². The molecule has 2 aromatic heterocycles. The number of fused-ring (bicyclic) bond motifs is 1. The van der Waals surface area contributed by atoms with Crippen LogP contribution in [0.3, 0.4) is 0 Å². The molecule has 0 spiro atoms. The Labute approximate surface area is 157 Å². The highest BCUT2D eigenvalue weighted by molar-refractivity contribution is 5.52. The smallest absolute Gasteiger partial charge is 0.254 e. The van der Waals surface area contributed by atoms with Crippen LogP contribution < -0.4 is 10.3 Å². The molecular formula is C20H21N5O2. The third-order valence-electron chi connectivity index (χ3n) is 4.65. The number of para-hydroxylation sites is 1. The quantitative estimate of drug-likeness (QED) is 0.748. The average molecular weight is 363 g/mol. The molecule has 1 N–H and O–H groups in total. The van der Waals surface area contributed by atoms with Crippen molar-refractivity contribution in [3.8, 4) is 17.1 Å². The molecule has 1 aliphatic heterocycles. The molecule has 0 saturated carbocycles. The average Bonchev–Trinajstić information content (AvgIpc) is 2.70. The lowest BCUT2D eigenvalue weighted by Crippen LogP contribution is -2.35. The van der Waals surface area contributed by atoms with Crippen LogP contribution in [0.5, 0.6) is 5.75 Å². The molecule has 0 saturated heterocycles. The van der Waals surface area contributed by atoms with Gasteiger partial charge in [0.05, 0.1) is 17.9 Å². The van der Waals surface area contributed by atoms with Crippen molar-refractivity contribution in [2.24, 2.45) is 0 Å². The van der Waals surface area contributed by atoms with Crippen molar-refractivity contribution in [2.75, 3.05) is 13.2 Å². The molecule has 3 heterocycles. The number of ether oxygens (including phenoxy) is 1. The van der Waals surface area contributed by atoms with E-state index in [2.05, 4.69) is 30.9 Å². The molecule has 0 radical (unpaired) electrons. The minimum atomic E-state index is -0.0757. The number of benzene rings is 1. The fourth-order valence-electron chi connectivity index (χ4n) is 3.36. The van der Waals surface area contributed by atoms with E-state index >= 15 is 0 Å². The van der Waals surface area contributed by atoms with E-state index in [0.717, 1.165) is 35.7 Å². The number of hydrogen-bond donors (Lipinski definition) is 1. The molecule has 0 aliphatic carbocycles. The van der Waals surface area contributed by atoms with Crippen LogP contribution in [0, 0.1) is 0 Å². The van der Waals surface area contributed by atoms with Gasteiger partial charge in [0.2, 0.25) is 0 Å². The third-order valence-corrected chi connectivity index (χ3v) is 4.65. The lowest BCUT2D eigenvalue weighted by atomic mass is 10.0. The fraction of sp³-hybridized carbons (Fsp3) is 0.300. The molecule has 27 heavy (non-hydrogen) atoms. The Kier molecular flexibility index (Phi) is 4.93. The summed E-state index contributed by atoms with van der Waals surface area (Å²) in [7, 11) is 0. The first-order valence-corrected chi connectivity index (χ1v) is 9.05. The summed E-state index contributed by atoms with van der Waals surface area (Å²) in [6.07, 6.45) is 5.44. The van der Waals surface area contributed by atoms with E-state index in [1.165, 1.54) is 6.33 Å². The Morgan fingerprint density at radius 3 is 2.85 bits per heavy atom. The van der Waals surface area contributed by atoms with Crippen LogP contribution in [0.2, 0.25) is 0 Å². The lowest BCUT2D eigenvalue weighted by molar-refractivity contribution is 0.234. The monoisotopic (exact) mass is 363 g/mol. The molecule has 1 aromatic carbocycles. The van der Waals surface area contributed by atoms with E-state index in [9.17, 15) is 4.79 Å². The van der Waals surface area contributed by atoms with Crippen molar-refractivity contribution in [1.29, 1.82) is 0 Å². The molecule has 0 amide bonds. The Hall–Kier alpha value is -3.06. The highest BCUT2D eigenvalue weighted by Gasteiger charge is 2.22. The summed E-state index contributed by atoms with van der Waals surface area (Å²) < 4.78 is 5.73. The van der Waals surface area contributed by atoms with Crippen molar-refractivity contribution >= 4 is 0 Å². The van der Waals surface area contributed by atoms with Gasteiger partial charge in [-0.25, -0.2) is 15.0 Å². The van der Waals surface area contributed by atoms with Crippen LogP contribution in [0.15, 0.2) is 47.8 Å². The Morgan fingerprint density at radius 2 is 2.04 bits per heavy atom. The number of hydrogen-bond acceptors (Lipinski definition) is 6. The third kappa shape index (κ3) is 3.73. The van der Waals surface area contributed by atoms with E-state index in [1.54, 1.807) is 12.4 Å². The normalized spacial score (nSPS) is 14.0. The molecule has 0 fully saturated rings. The molecule has 0 bridgehead atoms. The van der Waals surface area contributed by atoms with Crippen LogP contribution in [0.4, 0.5) is 0 Å². The summed E-state index contributed by atoms with van der Waals surface area (Å²) in [5.41, 5.74) is 3.36. The maximum atomic E-state index is 12.5. The topological polar surface area (TPSA) is 84.0 Å². The minimum absolute atomic E-state index is 0.0757. The number of H-pyrrole nitrogens is 1. The summed E-state index contributed by atoms with van der Waals surface area (Å²) in [5, 5.41) is 0. The number of aromatic amines is 1. The van der Waals surface area contributed by atoms with Crippen molar-refractivity contribution in [3.63, 3.8) is 0 Å². The second kappa shape index (κ2) is 7.67. The van der Waals surface area contributed by atoms with Gasteiger partial charge in [-0.2, -0.15) is 0 Å². The van der Waals surface area contributed by atoms with Gasteiger partial charge in [-0.1, -0.05) is 18.2 Å². The number of nitrogens with one attached hydrogen (secondary N) is 1. The van der Waals surface area contributed by atoms with Gasteiger partial charge in [0.25, 0.3) is 5.56 Å². The summed E-state index contributed by atoms with van der Waals surface area (Å²) in [5.74, 6) is 1.42. The molecule has 3 aromatic rings. The summed E-state index contributed by atoms with van der Waals surface area (Å²) in [4.78, 5) is 30.3. The van der Waals surface area contributed by atoms with Gasteiger partial charge in [0.1, 0.15) is 17.9 Å². The van der Waals surface area contributed by atoms with Gasteiger partial charge in [-0.05, 0) is 19.4 Å². The van der Waals surface area contributed by atoms with Crippen molar-refractivity contribution in [2.45, 2.75) is 26.4 Å². The zero-order valence-electron chi connectivity index (χ0n) is 15.2. The molecule has 1 aliphatic rings. The Balaban J connectivity index is 1.59. The lowest BCUT2D eigenvalue weighted by Gasteiger charge is -2.28. The molecule has 138 valence electrons. The molecule has 7 heteroatoms. The van der Waals surface area contributed by atoms with Gasteiger partial charge in [0.15, 0.2) is 0 Å². The van der Waals surface area contributed by atoms with Gasteiger partial charge in [0, 0.05) is 43.2 Å². The first-order chi connectivity index (χ1) is 13.2. The molecule has 7 nitrogen and oxygen atoms in total. The number of aromatic nitrogens is 4. The summed E-state index contributed by atoms with van der Waals surface area (Å²) in [6, 6.07) is 8.08. The van der Waals surface area contributed by atoms with Crippen molar-refractivity contribution in [3.05, 3.63) is 70.2 Å². The number of nitrogens with zero attached hydrogens (tertiary/aromatic N) is 4. The summed E-state index contributed by atoms with van der Waals surface area (Å²) in [6.45, 7) is 4.82. The zero-order valence-corrected chi connectivity index (χ0v) is 15.2. The van der Waals surface area contributed by atoms with Gasteiger partial charge >= 0.3 is 0 Å². The second-order valence-corrected chi connectivity index (χ2v) is 6.47. The van der Waals surface area contributed by atoms with Crippen LogP contribution in [-0.4, -0.2) is 38.0 Å². The molecule has 4 rings (SSSR count). The van der Waals surface area contributed by atoms with E-state index in [4.69, 9.17) is 4.74 Å². The SMILES string of the molecule is CCOc1ccccc1CN1CCc2c(nc(-c3cncnc3)[nH]c2=O)C1. The van der Waals surface area contributed by atoms with Gasteiger partial charge in [-0.3, -0.25) is 9.69 Å². The van der Waals surface area contributed by atoms with Gasteiger partial charge in [-0.15, -0.1) is 0 Å². The number of rotatable bonds is 5. The van der Waals surface area contributed by atoms with Crippen LogP contribution in [-0.2, 0) is 19.5 Å². The Bertz CT molecular complexity index is 987. The van der Waals surface area contributed by atoms with E-state index in [1.807, 2.05) is 25.1 Å². The molecular weight excluding hydrogens is 342 g/mol. The second-order valence-electron chi connectivity index (χ2n) is 6.47. The van der Waals surface area contributed by atoms with Crippen LogP contribution >= 0.6 is 0 Å². The maximum Gasteiger partial charge on any atom is 0.254 e. The van der Waals surface area contributed by atoms with E-state index < -0.39 is 0 Å². The predicted octanol–water partition coefficient (Wildman–Crippen LogP) is 2.18. The minimum Gasteiger partial charge on any atom is -0.494 e.